The molecule has 1 amide bonds. The van der Waals surface area contributed by atoms with Crippen molar-refractivity contribution < 1.29 is 24.2 Å². The van der Waals surface area contributed by atoms with E-state index in [2.05, 4.69) is 69.3 Å². The number of aryl methyl sites for hydroxylation is 1. The number of carbonyl (C=O) groups is 2. The summed E-state index contributed by atoms with van der Waals surface area (Å²) in [6, 6.07) is 26.3. The molecule has 0 aliphatic carbocycles. The van der Waals surface area contributed by atoms with E-state index in [1.54, 1.807) is 0 Å². The molecule has 3 aromatic carbocycles. The smallest absolute Gasteiger partial charge is 0.323 e. The van der Waals surface area contributed by atoms with Crippen LogP contribution in [0, 0.1) is 0 Å². The molecule has 1 aromatic heterocycles. The largest absolute Gasteiger partial charge is 0.489 e. The van der Waals surface area contributed by atoms with Crippen LogP contribution in [-0.4, -0.2) is 35.0 Å². The molecule has 45 heavy (non-hydrogen) atoms. The summed E-state index contributed by atoms with van der Waals surface area (Å²) in [5, 5.41) is 11.5. The van der Waals surface area contributed by atoms with Crippen LogP contribution in [0.5, 0.6) is 11.5 Å². The van der Waals surface area contributed by atoms with E-state index in [4.69, 9.17) is 9.47 Å². The van der Waals surface area contributed by atoms with E-state index in [-0.39, 0.29) is 19.1 Å². The monoisotopic (exact) mass is 627 g/mol. The Balaban J connectivity index is 1.27. The summed E-state index contributed by atoms with van der Waals surface area (Å²) in [5.74, 6) is 0.412. The molecule has 1 heterocycles. The summed E-state index contributed by atoms with van der Waals surface area (Å²) in [6.45, 7) is 6.54. The highest BCUT2D eigenvalue weighted by Gasteiger charge is 2.19. The van der Waals surface area contributed by atoms with Crippen LogP contribution in [0.25, 0.3) is 11.1 Å². The molecule has 0 aliphatic rings. The molecule has 7 heteroatoms. The number of unbranched alkanes of at least 4 members (excludes halogenated alkanes) is 4. The first-order valence-corrected chi connectivity index (χ1v) is 16.8. The Morgan fingerprint density at radius 2 is 1.44 bits per heavy atom. The summed E-state index contributed by atoms with van der Waals surface area (Å²) in [7, 11) is 0. The minimum Gasteiger partial charge on any atom is -0.489 e. The Morgan fingerprint density at radius 3 is 2.11 bits per heavy atom. The van der Waals surface area contributed by atoms with Gasteiger partial charge in [0.2, 0.25) is 0 Å². The van der Waals surface area contributed by atoms with Gasteiger partial charge in [0.25, 0.3) is 5.91 Å². The molecule has 0 saturated heterocycles. The van der Waals surface area contributed by atoms with E-state index >= 15 is 0 Å². The zero-order valence-electron chi connectivity index (χ0n) is 26.7. The zero-order chi connectivity index (χ0) is 32.0. The quantitative estimate of drug-likeness (QED) is 0.111. The fourth-order valence-electron chi connectivity index (χ4n) is 5.03. The standard InChI is InChI=1S/C38H45NO5S/c1-4-5-6-7-8-9-29-12-18-34(19-13-29)43-25-30-10-14-32(15-11-30)33-22-36(45-27-33)23-39(24-38(41)42)37(40)26-44-35-20-16-31(17-21-35)28(2)3/h10-22,27-28H,4-9,23-26H2,1-3H3,(H,41,42). The van der Waals surface area contributed by atoms with Crippen molar-refractivity contribution in [2.75, 3.05) is 13.2 Å². The average molecular weight is 628 g/mol. The second kappa shape index (κ2) is 17.4. The van der Waals surface area contributed by atoms with Crippen molar-refractivity contribution in [1.82, 2.24) is 4.90 Å². The fourth-order valence-corrected chi connectivity index (χ4v) is 5.94. The van der Waals surface area contributed by atoms with Crippen molar-refractivity contribution >= 4 is 23.2 Å². The van der Waals surface area contributed by atoms with Gasteiger partial charge in [-0.2, -0.15) is 0 Å². The molecule has 0 spiro atoms. The Hall–Kier alpha value is -4.10. The molecular weight excluding hydrogens is 582 g/mol. The van der Waals surface area contributed by atoms with E-state index in [0.29, 0.717) is 18.3 Å². The van der Waals surface area contributed by atoms with Crippen LogP contribution in [0.1, 0.15) is 80.4 Å². The van der Waals surface area contributed by atoms with Crippen LogP contribution >= 0.6 is 11.3 Å². The van der Waals surface area contributed by atoms with Gasteiger partial charge in [0, 0.05) is 4.88 Å². The van der Waals surface area contributed by atoms with Crippen LogP contribution in [0.2, 0.25) is 0 Å². The Kier molecular flexibility index (Phi) is 13.1. The van der Waals surface area contributed by atoms with E-state index < -0.39 is 12.5 Å². The molecule has 4 rings (SSSR count). The van der Waals surface area contributed by atoms with Gasteiger partial charge >= 0.3 is 5.97 Å². The lowest BCUT2D eigenvalue weighted by Crippen LogP contribution is -2.38. The van der Waals surface area contributed by atoms with Crippen LogP contribution in [-0.2, 0) is 29.2 Å². The van der Waals surface area contributed by atoms with Gasteiger partial charge < -0.3 is 19.5 Å². The van der Waals surface area contributed by atoms with Crippen LogP contribution in [0.3, 0.4) is 0 Å². The van der Waals surface area contributed by atoms with Crippen molar-refractivity contribution in [3.8, 4) is 22.6 Å². The van der Waals surface area contributed by atoms with Gasteiger partial charge in [-0.15, -0.1) is 11.3 Å². The Labute approximate surface area is 271 Å². The number of hydrogen-bond donors (Lipinski definition) is 1. The third kappa shape index (κ3) is 11.1. The summed E-state index contributed by atoms with van der Waals surface area (Å²) in [4.78, 5) is 26.7. The van der Waals surface area contributed by atoms with E-state index in [1.807, 2.05) is 35.7 Å². The molecule has 0 atom stereocenters. The van der Waals surface area contributed by atoms with Crippen molar-refractivity contribution in [1.29, 1.82) is 0 Å². The van der Waals surface area contributed by atoms with Crippen molar-refractivity contribution in [3.63, 3.8) is 0 Å². The average Bonchev–Trinajstić information content (AvgIpc) is 3.51. The van der Waals surface area contributed by atoms with Gasteiger partial charge in [-0.25, -0.2) is 0 Å². The van der Waals surface area contributed by atoms with Gasteiger partial charge in [-0.05, 0) is 82.3 Å². The van der Waals surface area contributed by atoms with Gasteiger partial charge in [-0.1, -0.05) is 95.0 Å². The number of carboxylic acid groups (broad SMARTS) is 1. The second-order valence-electron chi connectivity index (χ2n) is 11.8. The number of aliphatic carboxylic acids is 1. The molecular formula is C38H45NO5S. The summed E-state index contributed by atoms with van der Waals surface area (Å²) in [5.41, 5.74) is 5.69. The maximum absolute atomic E-state index is 12.9. The fraction of sp³-hybridized carbons (Fsp3) is 0.368. The lowest BCUT2D eigenvalue weighted by molar-refractivity contribution is -0.145. The molecule has 0 saturated carbocycles. The molecule has 6 nitrogen and oxygen atoms in total. The number of benzene rings is 3. The third-order valence-electron chi connectivity index (χ3n) is 7.77. The number of amides is 1. The number of hydrogen-bond acceptors (Lipinski definition) is 5. The number of carbonyl (C=O) groups excluding carboxylic acids is 1. The van der Waals surface area contributed by atoms with Crippen LogP contribution in [0.15, 0.2) is 84.2 Å². The normalized spacial score (nSPS) is 11.0. The van der Waals surface area contributed by atoms with E-state index in [0.717, 1.165) is 33.7 Å². The van der Waals surface area contributed by atoms with E-state index in [1.165, 1.54) is 59.5 Å². The first-order chi connectivity index (χ1) is 21.8. The second-order valence-corrected chi connectivity index (χ2v) is 12.7. The van der Waals surface area contributed by atoms with Crippen LogP contribution < -0.4 is 9.47 Å². The highest BCUT2D eigenvalue weighted by molar-refractivity contribution is 7.10. The minimum absolute atomic E-state index is 0.203. The molecule has 0 aliphatic heterocycles. The Morgan fingerprint density at radius 1 is 0.800 bits per heavy atom. The van der Waals surface area contributed by atoms with Crippen molar-refractivity contribution in [2.24, 2.45) is 0 Å². The highest BCUT2D eigenvalue weighted by Crippen LogP contribution is 2.27. The van der Waals surface area contributed by atoms with Crippen LogP contribution in [0.4, 0.5) is 0 Å². The lowest BCUT2D eigenvalue weighted by Gasteiger charge is -2.20. The summed E-state index contributed by atoms with van der Waals surface area (Å²) < 4.78 is 11.7. The molecule has 0 bridgehead atoms. The molecule has 238 valence electrons. The van der Waals surface area contributed by atoms with Gasteiger partial charge in [0.15, 0.2) is 6.61 Å². The summed E-state index contributed by atoms with van der Waals surface area (Å²) >= 11 is 1.50. The molecule has 0 radical (unpaired) electrons. The highest BCUT2D eigenvalue weighted by atomic mass is 32.1. The molecule has 0 unspecified atom stereocenters. The number of carboxylic acids is 1. The first kappa shape index (κ1) is 33.8. The van der Waals surface area contributed by atoms with Gasteiger partial charge in [-0.3, -0.25) is 9.59 Å². The maximum Gasteiger partial charge on any atom is 0.323 e. The maximum atomic E-state index is 12.9. The lowest BCUT2D eigenvalue weighted by atomic mass is 10.0. The number of rotatable bonds is 18. The summed E-state index contributed by atoms with van der Waals surface area (Å²) in [6.07, 6.45) is 7.56. The number of ether oxygens (including phenoxy) is 2. The SMILES string of the molecule is CCCCCCCc1ccc(OCc2ccc(-c3csc(CN(CC(=O)O)C(=O)COc4ccc(C(C)C)cc4)c3)cc2)cc1. The Bertz CT molecular complexity index is 1480. The predicted octanol–water partition coefficient (Wildman–Crippen LogP) is 9.12. The first-order valence-electron chi connectivity index (χ1n) is 15.9. The topological polar surface area (TPSA) is 76.1 Å². The van der Waals surface area contributed by atoms with Gasteiger partial charge in [0.1, 0.15) is 24.7 Å². The number of nitrogens with zero attached hydrogens (tertiary/aromatic N) is 1. The molecule has 4 aromatic rings. The van der Waals surface area contributed by atoms with Crippen molar-refractivity contribution in [2.45, 2.75) is 78.4 Å². The number of thiophene rings is 1. The minimum atomic E-state index is -1.06. The molecule has 0 fully saturated rings. The predicted molar refractivity (Wildman–Crippen MR) is 182 cm³/mol. The molecule has 1 N–H and O–H groups in total. The van der Waals surface area contributed by atoms with Gasteiger partial charge in [0.05, 0.1) is 6.54 Å². The third-order valence-corrected chi connectivity index (χ3v) is 8.69. The van der Waals surface area contributed by atoms with E-state index in [9.17, 15) is 14.7 Å². The van der Waals surface area contributed by atoms with Crippen molar-refractivity contribution in [3.05, 3.63) is 106 Å². The zero-order valence-corrected chi connectivity index (χ0v) is 27.5.